The first-order chi connectivity index (χ1) is 3.27. The maximum atomic E-state index is 8.12. The Morgan fingerprint density at radius 2 is 2.29 bits per heavy atom. The van der Waals surface area contributed by atoms with Gasteiger partial charge in [-0.25, -0.2) is 0 Å². The van der Waals surface area contributed by atoms with Gasteiger partial charge in [-0.2, -0.15) is 0 Å². The summed E-state index contributed by atoms with van der Waals surface area (Å²) >= 11 is 0. The van der Waals surface area contributed by atoms with Crippen molar-refractivity contribution >= 4 is 9.03 Å². The monoisotopic (exact) mass is 122 g/mol. The fourth-order valence-electron chi connectivity index (χ4n) is 0.204. The van der Waals surface area contributed by atoms with Gasteiger partial charge in [0.15, 0.2) is 9.03 Å². The minimum absolute atomic E-state index is 0.349. The number of hydrogen-bond acceptors (Lipinski definition) is 2. The Labute approximate surface area is 45.8 Å². The molecule has 1 N–H and O–H groups in total. The molecule has 0 spiro atoms. The van der Waals surface area contributed by atoms with E-state index >= 15 is 0 Å². The largest absolute Gasteiger partial charge is 0.352 e. The summed E-state index contributed by atoms with van der Waals surface area (Å²) in [6.07, 6.45) is 0. The quantitative estimate of drug-likeness (QED) is 0.569. The predicted molar refractivity (Wildman–Crippen MR) is 31.3 cm³/mol. The van der Waals surface area contributed by atoms with E-state index in [1.165, 1.54) is 0 Å². The van der Waals surface area contributed by atoms with Gasteiger partial charge in [-0.05, 0) is 5.92 Å². The van der Waals surface area contributed by atoms with E-state index < -0.39 is 0 Å². The van der Waals surface area contributed by atoms with Crippen LogP contribution in [-0.2, 0) is 4.52 Å². The molecule has 2 nitrogen and oxygen atoms in total. The van der Waals surface area contributed by atoms with Crippen molar-refractivity contribution in [3.63, 3.8) is 0 Å². The van der Waals surface area contributed by atoms with Gasteiger partial charge in [0, 0.05) is 0 Å². The van der Waals surface area contributed by atoms with Crippen molar-refractivity contribution in [1.82, 2.24) is 0 Å². The van der Waals surface area contributed by atoms with Crippen molar-refractivity contribution in [2.24, 2.45) is 5.92 Å². The highest BCUT2D eigenvalue weighted by Gasteiger charge is 1.89. The van der Waals surface area contributed by atoms with Crippen LogP contribution in [0.25, 0.3) is 0 Å². The Balaban J connectivity index is 2.68. The van der Waals surface area contributed by atoms with Gasteiger partial charge in [0.2, 0.25) is 0 Å². The lowest BCUT2D eigenvalue weighted by Gasteiger charge is -2.00. The number of hydrogen-bond donors (Lipinski definition) is 1. The third kappa shape index (κ3) is 6.35. The van der Waals surface area contributed by atoms with Crippen LogP contribution >= 0.6 is 9.03 Å². The van der Waals surface area contributed by atoms with E-state index in [2.05, 4.69) is 4.52 Å². The first-order valence-corrected chi connectivity index (χ1v) is 3.13. The molecule has 1 unspecified atom stereocenters. The second-order valence-corrected chi connectivity index (χ2v) is 2.27. The zero-order valence-electron chi connectivity index (χ0n) is 4.64. The van der Waals surface area contributed by atoms with Crippen molar-refractivity contribution in [3.05, 3.63) is 0 Å². The van der Waals surface area contributed by atoms with Crippen LogP contribution in [0, 0.1) is 5.92 Å². The van der Waals surface area contributed by atoms with Gasteiger partial charge in [0.05, 0.1) is 6.61 Å². The van der Waals surface area contributed by atoms with E-state index in [0.717, 1.165) is 0 Å². The van der Waals surface area contributed by atoms with Crippen molar-refractivity contribution in [1.29, 1.82) is 0 Å². The molecule has 0 heterocycles. The van der Waals surface area contributed by atoms with Gasteiger partial charge < -0.3 is 9.42 Å². The van der Waals surface area contributed by atoms with Crippen LogP contribution in [0.5, 0.6) is 0 Å². The predicted octanol–water partition coefficient (Wildman–Crippen LogP) is 1.16. The molecule has 0 bridgehead atoms. The van der Waals surface area contributed by atoms with E-state index in [4.69, 9.17) is 4.89 Å². The molecule has 0 aliphatic rings. The lowest BCUT2D eigenvalue weighted by Crippen LogP contribution is -1.94. The third-order valence-corrected chi connectivity index (χ3v) is 0.777. The van der Waals surface area contributed by atoms with E-state index in [-0.39, 0.29) is 9.03 Å². The standard InChI is InChI=1S/C4H11O2P/c1-4(2)3-6-7-5/h4-5,7H,3H2,1-2H3. The first-order valence-electron chi connectivity index (χ1n) is 2.28. The van der Waals surface area contributed by atoms with Crippen LogP contribution in [0.1, 0.15) is 13.8 Å². The van der Waals surface area contributed by atoms with Crippen LogP contribution in [0.4, 0.5) is 0 Å². The molecule has 0 saturated heterocycles. The van der Waals surface area contributed by atoms with E-state index in [0.29, 0.717) is 12.5 Å². The van der Waals surface area contributed by atoms with E-state index in [9.17, 15) is 0 Å². The van der Waals surface area contributed by atoms with E-state index in [1.807, 2.05) is 13.8 Å². The normalized spacial score (nSPS) is 12.0. The zero-order chi connectivity index (χ0) is 5.70. The SMILES string of the molecule is CC(C)COPO. The molecule has 7 heavy (non-hydrogen) atoms. The Kier molecular flexibility index (Phi) is 4.73. The van der Waals surface area contributed by atoms with Crippen molar-refractivity contribution in [3.8, 4) is 0 Å². The molecule has 0 radical (unpaired) electrons. The fourth-order valence-corrected chi connectivity index (χ4v) is 0.612. The molecule has 0 fully saturated rings. The Hall–Kier alpha value is 0.350. The lowest BCUT2D eigenvalue weighted by molar-refractivity contribution is 0.281. The summed E-state index contributed by atoms with van der Waals surface area (Å²) in [5.74, 6) is 0.527. The summed E-state index contributed by atoms with van der Waals surface area (Å²) in [7, 11) is -0.349. The number of rotatable bonds is 3. The van der Waals surface area contributed by atoms with Crippen LogP contribution in [0.2, 0.25) is 0 Å². The summed E-state index contributed by atoms with van der Waals surface area (Å²) in [5, 5.41) is 0. The van der Waals surface area contributed by atoms with E-state index in [1.54, 1.807) is 0 Å². The molecule has 44 valence electrons. The average Bonchev–Trinajstić information content (AvgIpc) is 1.61. The molecule has 0 aliphatic heterocycles. The van der Waals surface area contributed by atoms with Crippen molar-refractivity contribution in [2.45, 2.75) is 13.8 Å². The molecule has 0 aromatic rings. The van der Waals surface area contributed by atoms with Gasteiger partial charge in [0.25, 0.3) is 0 Å². The molecule has 0 amide bonds. The van der Waals surface area contributed by atoms with Gasteiger partial charge in [-0.15, -0.1) is 0 Å². The van der Waals surface area contributed by atoms with Crippen LogP contribution < -0.4 is 0 Å². The second kappa shape index (κ2) is 4.51. The molecular formula is C4H11O2P. The molecular weight excluding hydrogens is 111 g/mol. The summed E-state index contributed by atoms with van der Waals surface area (Å²) in [6.45, 7) is 4.75. The molecule has 0 saturated carbocycles. The smallest absolute Gasteiger partial charge is 0.152 e. The second-order valence-electron chi connectivity index (χ2n) is 1.80. The Bertz CT molecular complexity index is 38.7. The van der Waals surface area contributed by atoms with Crippen LogP contribution in [0.3, 0.4) is 0 Å². The fraction of sp³-hybridized carbons (Fsp3) is 1.00. The molecule has 0 aromatic heterocycles. The Morgan fingerprint density at radius 3 is 2.43 bits per heavy atom. The third-order valence-electron chi connectivity index (χ3n) is 0.481. The van der Waals surface area contributed by atoms with Crippen molar-refractivity contribution in [2.75, 3.05) is 6.61 Å². The van der Waals surface area contributed by atoms with Gasteiger partial charge in [0.1, 0.15) is 0 Å². The minimum atomic E-state index is -0.349. The lowest BCUT2D eigenvalue weighted by atomic mass is 10.2. The molecule has 0 aliphatic carbocycles. The highest BCUT2D eigenvalue weighted by atomic mass is 31.1. The summed E-state index contributed by atoms with van der Waals surface area (Å²) in [6, 6.07) is 0. The Morgan fingerprint density at radius 1 is 1.71 bits per heavy atom. The highest BCUT2D eigenvalue weighted by Crippen LogP contribution is 2.05. The summed E-state index contributed by atoms with van der Waals surface area (Å²) < 4.78 is 4.68. The van der Waals surface area contributed by atoms with Gasteiger partial charge in [-0.1, -0.05) is 13.8 Å². The van der Waals surface area contributed by atoms with Gasteiger partial charge in [-0.3, -0.25) is 0 Å². The molecule has 0 aromatic carbocycles. The maximum Gasteiger partial charge on any atom is 0.152 e. The average molecular weight is 122 g/mol. The zero-order valence-corrected chi connectivity index (χ0v) is 5.64. The topological polar surface area (TPSA) is 29.5 Å². The molecule has 3 heteroatoms. The summed E-state index contributed by atoms with van der Waals surface area (Å²) in [5.41, 5.74) is 0. The maximum absolute atomic E-state index is 8.12. The van der Waals surface area contributed by atoms with Crippen LogP contribution in [0.15, 0.2) is 0 Å². The molecule has 0 rings (SSSR count). The highest BCUT2D eigenvalue weighted by molar-refractivity contribution is 7.24. The summed E-state index contributed by atoms with van der Waals surface area (Å²) in [4.78, 5) is 8.12. The molecule has 1 atom stereocenters. The van der Waals surface area contributed by atoms with Gasteiger partial charge >= 0.3 is 0 Å². The minimum Gasteiger partial charge on any atom is -0.352 e. The van der Waals surface area contributed by atoms with Crippen LogP contribution in [-0.4, -0.2) is 11.5 Å². The van der Waals surface area contributed by atoms with Crippen molar-refractivity contribution < 1.29 is 9.42 Å². The first kappa shape index (κ1) is 7.35.